The minimum absolute atomic E-state index is 0.134. The van der Waals surface area contributed by atoms with Crippen LogP contribution in [0.15, 0.2) is 48.5 Å². The van der Waals surface area contributed by atoms with Gasteiger partial charge in [0.2, 0.25) is 0 Å². The Morgan fingerprint density at radius 2 is 1.45 bits per heavy atom. The SMILES string of the molecule is C[Si](C)(C)N(CC1c2ccccc2-c2ccccc21)C(=O)O. The van der Waals surface area contributed by atoms with E-state index in [0.717, 1.165) is 0 Å². The summed E-state index contributed by atoms with van der Waals surface area (Å²) in [5, 5.41) is 9.63. The quantitative estimate of drug-likeness (QED) is 0.841. The predicted octanol–water partition coefficient (Wildman–Crippen LogP) is 4.61. The molecule has 0 spiro atoms. The first-order valence-electron chi connectivity index (χ1n) is 7.58. The number of fused-ring (bicyclic) bond motifs is 3. The van der Waals surface area contributed by atoms with Gasteiger partial charge in [-0.25, -0.2) is 4.79 Å². The fraction of sp³-hybridized carbons (Fsp3) is 0.278. The molecule has 3 nitrogen and oxygen atoms in total. The van der Waals surface area contributed by atoms with E-state index in [4.69, 9.17) is 0 Å². The summed E-state index contributed by atoms with van der Waals surface area (Å²) >= 11 is 0. The second-order valence-corrected chi connectivity index (χ2v) is 11.7. The van der Waals surface area contributed by atoms with Gasteiger partial charge in [-0.05, 0) is 22.3 Å². The fourth-order valence-corrected chi connectivity index (χ4v) is 4.58. The molecule has 0 radical (unpaired) electrons. The lowest BCUT2D eigenvalue weighted by Crippen LogP contribution is -2.50. The van der Waals surface area contributed by atoms with Gasteiger partial charge in [0.15, 0.2) is 8.24 Å². The highest BCUT2D eigenvalue weighted by molar-refractivity contribution is 6.75. The van der Waals surface area contributed by atoms with Crippen LogP contribution >= 0.6 is 0 Å². The Hall–Kier alpha value is -2.07. The zero-order valence-electron chi connectivity index (χ0n) is 13.2. The van der Waals surface area contributed by atoms with Gasteiger partial charge in [0.25, 0.3) is 0 Å². The minimum atomic E-state index is -1.93. The van der Waals surface area contributed by atoms with Gasteiger partial charge in [-0.15, -0.1) is 0 Å². The Morgan fingerprint density at radius 1 is 1.00 bits per heavy atom. The maximum absolute atomic E-state index is 11.7. The molecule has 0 saturated heterocycles. The highest BCUT2D eigenvalue weighted by Crippen LogP contribution is 2.45. The Balaban J connectivity index is 2.06. The van der Waals surface area contributed by atoms with Crippen LogP contribution in [0.3, 0.4) is 0 Å². The van der Waals surface area contributed by atoms with Crippen molar-refractivity contribution >= 4 is 14.3 Å². The predicted molar refractivity (Wildman–Crippen MR) is 91.8 cm³/mol. The van der Waals surface area contributed by atoms with Gasteiger partial charge in [0.1, 0.15) is 0 Å². The molecule has 0 bridgehead atoms. The number of hydrogen-bond acceptors (Lipinski definition) is 1. The van der Waals surface area contributed by atoms with Crippen LogP contribution in [0.25, 0.3) is 11.1 Å². The first-order chi connectivity index (χ1) is 10.4. The zero-order chi connectivity index (χ0) is 15.9. The molecule has 0 unspecified atom stereocenters. The smallest absolute Gasteiger partial charge is 0.399 e. The molecule has 22 heavy (non-hydrogen) atoms. The second-order valence-electron chi connectivity index (χ2n) is 6.79. The van der Waals surface area contributed by atoms with E-state index in [1.165, 1.54) is 22.3 Å². The molecule has 2 aromatic carbocycles. The molecule has 0 aliphatic heterocycles. The minimum Gasteiger partial charge on any atom is -0.465 e. The standard InChI is InChI=1S/C18H21NO2Si/c1-22(2,3)19(18(20)21)12-17-15-10-6-4-8-13(15)14-9-5-7-11-16(14)17/h4-11,17H,12H2,1-3H3,(H,20,21). The molecule has 0 fully saturated rings. The van der Waals surface area contributed by atoms with Gasteiger partial charge in [-0.3, -0.25) is 0 Å². The molecule has 0 saturated carbocycles. The summed E-state index contributed by atoms with van der Waals surface area (Å²) in [6.07, 6.45) is -0.805. The van der Waals surface area contributed by atoms with Gasteiger partial charge in [0, 0.05) is 12.5 Å². The van der Waals surface area contributed by atoms with Crippen molar-refractivity contribution in [3.63, 3.8) is 0 Å². The third-order valence-corrected chi connectivity index (χ3v) is 6.36. The van der Waals surface area contributed by atoms with Crippen LogP contribution in [0.1, 0.15) is 17.0 Å². The Bertz CT molecular complexity index is 676. The number of rotatable bonds is 3. The lowest BCUT2D eigenvalue weighted by molar-refractivity contribution is 0.169. The molecule has 3 rings (SSSR count). The van der Waals surface area contributed by atoms with E-state index in [2.05, 4.69) is 43.9 Å². The number of hydrogen-bond donors (Lipinski definition) is 1. The maximum Gasteiger partial charge on any atom is 0.399 e. The number of amides is 1. The lowest BCUT2D eigenvalue weighted by atomic mass is 9.97. The van der Waals surface area contributed by atoms with Gasteiger partial charge >= 0.3 is 6.09 Å². The molecule has 2 aromatic rings. The molecule has 1 amide bonds. The van der Waals surface area contributed by atoms with Crippen molar-refractivity contribution in [3.8, 4) is 11.1 Å². The highest BCUT2D eigenvalue weighted by atomic mass is 28.3. The van der Waals surface area contributed by atoms with Gasteiger partial charge < -0.3 is 9.67 Å². The van der Waals surface area contributed by atoms with Crippen LogP contribution in [0.4, 0.5) is 4.79 Å². The van der Waals surface area contributed by atoms with E-state index in [1.54, 1.807) is 4.57 Å². The molecular weight excluding hydrogens is 290 g/mol. The summed E-state index contributed by atoms with van der Waals surface area (Å²) in [5.41, 5.74) is 4.97. The van der Waals surface area contributed by atoms with E-state index in [1.807, 2.05) is 24.3 Å². The molecule has 114 valence electrons. The average Bonchev–Trinajstić information content (AvgIpc) is 2.77. The Kier molecular flexibility index (Phi) is 3.57. The van der Waals surface area contributed by atoms with Crippen LogP contribution in [0, 0.1) is 0 Å². The van der Waals surface area contributed by atoms with E-state index in [0.29, 0.717) is 6.54 Å². The first-order valence-corrected chi connectivity index (χ1v) is 11.0. The van der Waals surface area contributed by atoms with Crippen molar-refractivity contribution in [1.82, 2.24) is 4.57 Å². The monoisotopic (exact) mass is 311 g/mol. The zero-order valence-corrected chi connectivity index (χ0v) is 14.2. The van der Waals surface area contributed by atoms with Gasteiger partial charge in [-0.2, -0.15) is 0 Å². The summed E-state index contributed by atoms with van der Waals surface area (Å²) < 4.78 is 1.68. The molecule has 0 heterocycles. The summed E-state index contributed by atoms with van der Waals surface area (Å²) in [6.45, 7) is 6.77. The average molecular weight is 311 g/mol. The molecule has 1 aliphatic rings. The summed E-state index contributed by atoms with van der Waals surface area (Å²) in [4.78, 5) is 11.7. The van der Waals surface area contributed by atoms with Crippen molar-refractivity contribution in [2.45, 2.75) is 25.6 Å². The van der Waals surface area contributed by atoms with Crippen molar-refractivity contribution in [1.29, 1.82) is 0 Å². The molecule has 0 aromatic heterocycles. The summed E-state index contributed by atoms with van der Waals surface area (Å²) in [5.74, 6) is 0.134. The number of carbonyl (C=O) groups is 1. The van der Waals surface area contributed by atoms with E-state index in [9.17, 15) is 9.90 Å². The largest absolute Gasteiger partial charge is 0.465 e. The first kappa shape index (κ1) is 14.8. The van der Waals surface area contributed by atoms with Crippen LogP contribution in [-0.4, -0.2) is 30.5 Å². The van der Waals surface area contributed by atoms with Crippen LogP contribution < -0.4 is 0 Å². The second kappa shape index (κ2) is 5.28. The van der Waals surface area contributed by atoms with E-state index in [-0.39, 0.29) is 5.92 Å². The normalized spacial score (nSPS) is 13.6. The summed E-state index contributed by atoms with van der Waals surface area (Å²) in [7, 11) is -1.93. The number of benzene rings is 2. The van der Waals surface area contributed by atoms with Crippen LogP contribution in [-0.2, 0) is 0 Å². The summed E-state index contributed by atoms with van der Waals surface area (Å²) in [6, 6.07) is 16.7. The molecule has 0 atom stereocenters. The molecular formula is C18H21NO2Si. The maximum atomic E-state index is 11.7. The van der Waals surface area contributed by atoms with Gasteiger partial charge in [-0.1, -0.05) is 68.2 Å². The number of carboxylic acid groups (broad SMARTS) is 1. The molecule has 4 heteroatoms. The van der Waals surface area contributed by atoms with Crippen molar-refractivity contribution in [2.75, 3.05) is 6.54 Å². The van der Waals surface area contributed by atoms with Crippen molar-refractivity contribution < 1.29 is 9.90 Å². The third kappa shape index (κ3) is 2.44. The Morgan fingerprint density at radius 3 is 1.86 bits per heavy atom. The third-order valence-electron chi connectivity index (χ3n) is 4.37. The molecule has 1 N–H and O–H groups in total. The van der Waals surface area contributed by atoms with Crippen molar-refractivity contribution in [3.05, 3.63) is 59.7 Å². The molecule has 1 aliphatic carbocycles. The van der Waals surface area contributed by atoms with Gasteiger partial charge in [0.05, 0.1) is 0 Å². The van der Waals surface area contributed by atoms with Crippen LogP contribution in [0.5, 0.6) is 0 Å². The van der Waals surface area contributed by atoms with Crippen molar-refractivity contribution in [2.24, 2.45) is 0 Å². The van der Waals surface area contributed by atoms with Crippen LogP contribution in [0.2, 0.25) is 19.6 Å². The fourth-order valence-electron chi connectivity index (χ4n) is 3.28. The highest BCUT2D eigenvalue weighted by Gasteiger charge is 2.35. The van der Waals surface area contributed by atoms with E-state index >= 15 is 0 Å². The lowest BCUT2D eigenvalue weighted by Gasteiger charge is -2.34. The number of nitrogens with zero attached hydrogens (tertiary/aromatic N) is 1. The topological polar surface area (TPSA) is 40.5 Å². The Labute approximate surface area is 132 Å². The van der Waals surface area contributed by atoms with E-state index < -0.39 is 14.3 Å².